The zero-order valence-corrected chi connectivity index (χ0v) is 7.78. The largest absolute Gasteiger partial charge is 0.380 e. The lowest BCUT2D eigenvalue weighted by atomic mass is 9.86. The fraction of sp³-hybridized carbons (Fsp3) is 1.00. The minimum absolute atomic E-state index is 0.0619. The van der Waals surface area contributed by atoms with Crippen LogP contribution in [0.25, 0.3) is 0 Å². The highest BCUT2D eigenvalue weighted by atomic mass is 32.2. The summed E-state index contributed by atoms with van der Waals surface area (Å²) in [4.78, 5) is 0. The third-order valence-electron chi connectivity index (χ3n) is 2.13. The van der Waals surface area contributed by atoms with Crippen LogP contribution in [0.2, 0.25) is 0 Å². The molecule has 0 aromatic heterocycles. The van der Waals surface area contributed by atoms with Crippen LogP contribution >= 0.6 is 0 Å². The molecular weight excluding hydrogens is 164 g/mol. The van der Waals surface area contributed by atoms with E-state index in [9.17, 15) is 8.42 Å². The molecule has 1 heterocycles. The van der Waals surface area contributed by atoms with Crippen molar-refractivity contribution >= 4 is 9.84 Å². The molecule has 0 radical (unpaired) electrons. The number of rotatable bonds is 3. The average molecular weight is 178 g/mol. The van der Waals surface area contributed by atoms with E-state index in [2.05, 4.69) is 0 Å². The molecule has 0 aromatic rings. The second kappa shape index (κ2) is 2.75. The van der Waals surface area contributed by atoms with Crippen LogP contribution in [0, 0.1) is 5.41 Å². The standard InChI is InChI=1S/C7H14O3S/c1-3-7(4-10-5-7)6-11(2,8)9/h3-6H2,1-2H3. The predicted molar refractivity (Wildman–Crippen MR) is 43.3 cm³/mol. The lowest BCUT2D eigenvalue weighted by Gasteiger charge is -2.40. The molecule has 0 atom stereocenters. The highest BCUT2D eigenvalue weighted by Crippen LogP contribution is 2.32. The molecular formula is C7H14O3S. The van der Waals surface area contributed by atoms with Gasteiger partial charge in [0.15, 0.2) is 0 Å². The average Bonchev–Trinajstić information content (AvgIpc) is 1.77. The van der Waals surface area contributed by atoms with E-state index in [1.165, 1.54) is 6.26 Å². The topological polar surface area (TPSA) is 43.4 Å². The minimum Gasteiger partial charge on any atom is -0.380 e. The Balaban J connectivity index is 2.59. The summed E-state index contributed by atoms with van der Waals surface area (Å²) in [6, 6.07) is 0. The lowest BCUT2D eigenvalue weighted by Crippen LogP contribution is -2.46. The van der Waals surface area contributed by atoms with Gasteiger partial charge in [0.25, 0.3) is 0 Å². The molecule has 0 N–H and O–H groups in total. The molecule has 0 amide bonds. The number of hydrogen-bond acceptors (Lipinski definition) is 3. The van der Waals surface area contributed by atoms with Gasteiger partial charge >= 0.3 is 0 Å². The summed E-state index contributed by atoms with van der Waals surface area (Å²) in [7, 11) is -2.83. The molecule has 3 nitrogen and oxygen atoms in total. The van der Waals surface area contributed by atoms with Crippen LogP contribution in [0.15, 0.2) is 0 Å². The Morgan fingerprint density at radius 3 is 2.09 bits per heavy atom. The van der Waals surface area contributed by atoms with Crippen molar-refractivity contribution in [3.05, 3.63) is 0 Å². The first-order valence-electron chi connectivity index (χ1n) is 3.73. The quantitative estimate of drug-likeness (QED) is 0.630. The van der Waals surface area contributed by atoms with Crippen LogP contribution in [0.3, 0.4) is 0 Å². The van der Waals surface area contributed by atoms with Crippen molar-refractivity contribution in [3.8, 4) is 0 Å². The van der Waals surface area contributed by atoms with Gasteiger partial charge in [-0.15, -0.1) is 0 Å². The van der Waals surface area contributed by atoms with Gasteiger partial charge in [0.2, 0.25) is 0 Å². The van der Waals surface area contributed by atoms with Crippen molar-refractivity contribution in [1.29, 1.82) is 0 Å². The van der Waals surface area contributed by atoms with E-state index in [4.69, 9.17) is 4.74 Å². The monoisotopic (exact) mass is 178 g/mol. The van der Waals surface area contributed by atoms with E-state index in [0.29, 0.717) is 13.2 Å². The molecule has 1 aliphatic rings. The first-order chi connectivity index (χ1) is 4.97. The molecule has 66 valence electrons. The maximum absolute atomic E-state index is 10.9. The summed E-state index contributed by atoms with van der Waals surface area (Å²) in [5.41, 5.74) is -0.0619. The van der Waals surface area contributed by atoms with Gasteiger partial charge in [-0.3, -0.25) is 0 Å². The van der Waals surface area contributed by atoms with Gasteiger partial charge in [-0.1, -0.05) is 6.92 Å². The van der Waals surface area contributed by atoms with Gasteiger partial charge < -0.3 is 4.74 Å². The molecule has 4 heteroatoms. The smallest absolute Gasteiger partial charge is 0.148 e. The van der Waals surface area contributed by atoms with Crippen molar-refractivity contribution in [2.24, 2.45) is 5.41 Å². The first-order valence-corrected chi connectivity index (χ1v) is 5.79. The van der Waals surface area contributed by atoms with Gasteiger partial charge in [-0.2, -0.15) is 0 Å². The molecule has 0 aliphatic carbocycles. The Morgan fingerprint density at radius 1 is 1.45 bits per heavy atom. The van der Waals surface area contributed by atoms with Crippen LogP contribution in [0.5, 0.6) is 0 Å². The van der Waals surface area contributed by atoms with Crippen LogP contribution in [0.1, 0.15) is 13.3 Å². The summed E-state index contributed by atoms with van der Waals surface area (Å²) in [5.74, 6) is 0.274. The van der Waals surface area contributed by atoms with Crippen LogP contribution < -0.4 is 0 Å². The van der Waals surface area contributed by atoms with Crippen LogP contribution in [0.4, 0.5) is 0 Å². The lowest BCUT2D eigenvalue weighted by molar-refractivity contribution is -0.100. The Bertz CT molecular complexity index is 221. The van der Waals surface area contributed by atoms with Gasteiger partial charge in [0, 0.05) is 11.7 Å². The van der Waals surface area contributed by atoms with Gasteiger partial charge in [0.1, 0.15) is 9.84 Å². The van der Waals surface area contributed by atoms with Gasteiger partial charge in [-0.05, 0) is 6.42 Å². The Kier molecular flexibility index (Phi) is 2.25. The molecule has 0 aromatic carbocycles. The summed E-state index contributed by atoms with van der Waals surface area (Å²) in [5, 5.41) is 0. The fourth-order valence-electron chi connectivity index (χ4n) is 1.34. The Morgan fingerprint density at radius 2 is 2.00 bits per heavy atom. The highest BCUT2D eigenvalue weighted by molar-refractivity contribution is 7.90. The fourth-order valence-corrected chi connectivity index (χ4v) is 2.82. The normalized spacial score (nSPS) is 22.7. The number of hydrogen-bond donors (Lipinski definition) is 0. The molecule has 11 heavy (non-hydrogen) atoms. The van der Waals surface area contributed by atoms with E-state index in [1.807, 2.05) is 6.92 Å². The van der Waals surface area contributed by atoms with E-state index >= 15 is 0 Å². The third-order valence-corrected chi connectivity index (χ3v) is 3.27. The number of ether oxygens (including phenoxy) is 1. The van der Waals surface area contributed by atoms with Crippen molar-refractivity contribution in [2.45, 2.75) is 13.3 Å². The maximum atomic E-state index is 10.9. The second-order valence-corrected chi connectivity index (χ2v) is 5.56. The maximum Gasteiger partial charge on any atom is 0.148 e. The highest BCUT2D eigenvalue weighted by Gasteiger charge is 2.39. The van der Waals surface area contributed by atoms with Crippen molar-refractivity contribution in [3.63, 3.8) is 0 Å². The van der Waals surface area contributed by atoms with Crippen molar-refractivity contribution < 1.29 is 13.2 Å². The molecule has 0 saturated carbocycles. The molecule has 0 bridgehead atoms. The zero-order chi connectivity index (χ0) is 8.54. The van der Waals surface area contributed by atoms with Crippen molar-refractivity contribution in [2.75, 3.05) is 25.2 Å². The van der Waals surface area contributed by atoms with Crippen molar-refractivity contribution in [1.82, 2.24) is 0 Å². The Labute approximate surface area is 67.7 Å². The zero-order valence-electron chi connectivity index (χ0n) is 6.96. The van der Waals surface area contributed by atoms with E-state index in [0.717, 1.165) is 6.42 Å². The minimum atomic E-state index is -2.83. The first kappa shape index (κ1) is 9.00. The summed E-state index contributed by atoms with van der Waals surface area (Å²) >= 11 is 0. The third kappa shape index (κ3) is 2.17. The molecule has 1 rings (SSSR count). The van der Waals surface area contributed by atoms with E-state index in [-0.39, 0.29) is 11.2 Å². The molecule has 1 aliphatic heterocycles. The molecule has 0 unspecified atom stereocenters. The molecule has 1 fully saturated rings. The van der Waals surface area contributed by atoms with Gasteiger partial charge in [0.05, 0.1) is 19.0 Å². The summed E-state index contributed by atoms with van der Waals surface area (Å²) in [6.45, 7) is 3.22. The second-order valence-electron chi connectivity index (χ2n) is 3.42. The summed E-state index contributed by atoms with van der Waals surface area (Å²) in [6.07, 6.45) is 2.17. The molecule has 1 saturated heterocycles. The van der Waals surface area contributed by atoms with Crippen LogP contribution in [-0.4, -0.2) is 33.6 Å². The predicted octanol–water partition coefficient (Wildman–Crippen LogP) is 0.458. The number of sulfone groups is 1. The van der Waals surface area contributed by atoms with Crippen LogP contribution in [-0.2, 0) is 14.6 Å². The SMILES string of the molecule is CCC1(CS(C)(=O)=O)COC1. The Hall–Kier alpha value is -0.0900. The van der Waals surface area contributed by atoms with E-state index < -0.39 is 9.84 Å². The molecule has 0 spiro atoms. The van der Waals surface area contributed by atoms with Gasteiger partial charge in [-0.25, -0.2) is 8.42 Å². The van der Waals surface area contributed by atoms with E-state index in [1.54, 1.807) is 0 Å². The summed E-state index contributed by atoms with van der Waals surface area (Å²) < 4.78 is 26.9.